The minimum absolute atomic E-state index is 0.129. The number of hydrogen-bond donors (Lipinski definition) is 4. The molecule has 0 fully saturated rings. The number of hydrogen-bond acceptors (Lipinski definition) is 4. The first-order valence-electron chi connectivity index (χ1n) is 4.26. The maximum atomic E-state index is 9.51. The number of aliphatic hydroxyl groups is 2. The van der Waals surface area contributed by atoms with Gasteiger partial charge in [0.25, 0.3) is 0 Å². The fraction of sp³-hybridized carbons (Fsp3) is 0.200. The van der Waals surface area contributed by atoms with Crippen molar-refractivity contribution < 1.29 is 10.2 Å². The monoisotopic (exact) mass is 205 g/mol. The molecule has 0 radical (unpaired) electrons. The largest absolute Gasteiger partial charge is 0.385 e. The zero-order valence-electron chi connectivity index (χ0n) is 7.88. The number of nitrogen functional groups attached to an aromatic ring is 1. The molecule has 5 nitrogen and oxygen atoms in total. The van der Waals surface area contributed by atoms with Gasteiger partial charge in [0.05, 0.1) is 6.07 Å². The molecule has 0 heterocycles. The maximum Gasteiger partial charge on any atom is 0.170 e. The number of nitriles is 1. The molecule has 0 aliphatic carbocycles. The molecule has 2 atom stereocenters. The standard InChI is InChI=1S/C10H11N3O2/c11-5-8(14)9(15)6-2-1-3-7(4-6)10(12)13/h1-4,8-9,14-15H,(H3,12,13). The normalized spacial score (nSPS) is 13.9. The van der Waals surface area contributed by atoms with Gasteiger partial charge in [0.2, 0.25) is 0 Å². The van der Waals surface area contributed by atoms with Crippen LogP contribution in [0.15, 0.2) is 24.3 Å². The van der Waals surface area contributed by atoms with Crippen LogP contribution in [0, 0.1) is 16.7 Å². The molecule has 0 spiro atoms. The molecule has 15 heavy (non-hydrogen) atoms. The van der Waals surface area contributed by atoms with Crippen LogP contribution < -0.4 is 5.73 Å². The molecule has 0 bridgehead atoms. The number of benzene rings is 1. The van der Waals surface area contributed by atoms with Gasteiger partial charge in [-0.3, -0.25) is 5.41 Å². The van der Waals surface area contributed by atoms with Crippen molar-refractivity contribution in [1.82, 2.24) is 0 Å². The lowest BCUT2D eigenvalue weighted by Crippen LogP contribution is -2.17. The van der Waals surface area contributed by atoms with Gasteiger partial charge in [-0.25, -0.2) is 0 Å². The Morgan fingerprint density at radius 1 is 1.47 bits per heavy atom. The molecule has 0 saturated carbocycles. The summed E-state index contributed by atoms with van der Waals surface area (Å²) in [5.74, 6) is -0.129. The van der Waals surface area contributed by atoms with Gasteiger partial charge in [0.1, 0.15) is 11.9 Å². The SMILES string of the molecule is N#CC(O)C(O)c1cccc(C(=N)N)c1. The summed E-state index contributed by atoms with van der Waals surface area (Å²) in [6.07, 6.45) is -2.76. The second-order valence-electron chi connectivity index (χ2n) is 3.06. The molecule has 1 rings (SSSR count). The van der Waals surface area contributed by atoms with Crippen LogP contribution in [0.5, 0.6) is 0 Å². The second-order valence-corrected chi connectivity index (χ2v) is 3.06. The summed E-state index contributed by atoms with van der Waals surface area (Å²) in [5, 5.41) is 34.2. The lowest BCUT2D eigenvalue weighted by molar-refractivity contribution is 0.0528. The minimum atomic E-state index is -1.48. The van der Waals surface area contributed by atoms with E-state index < -0.39 is 12.2 Å². The average Bonchev–Trinajstić information content (AvgIpc) is 2.27. The smallest absolute Gasteiger partial charge is 0.170 e. The van der Waals surface area contributed by atoms with E-state index >= 15 is 0 Å². The molecule has 1 aromatic carbocycles. The molecule has 1 aromatic rings. The molecule has 2 unspecified atom stereocenters. The van der Waals surface area contributed by atoms with Crippen molar-refractivity contribution in [2.45, 2.75) is 12.2 Å². The van der Waals surface area contributed by atoms with E-state index in [1.54, 1.807) is 18.2 Å². The quantitative estimate of drug-likeness (QED) is 0.313. The minimum Gasteiger partial charge on any atom is -0.385 e. The summed E-state index contributed by atoms with van der Waals surface area (Å²) < 4.78 is 0. The fourth-order valence-electron chi connectivity index (χ4n) is 1.14. The summed E-state index contributed by atoms with van der Waals surface area (Å²) >= 11 is 0. The molecule has 78 valence electrons. The van der Waals surface area contributed by atoms with Crippen molar-refractivity contribution in [3.63, 3.8) is 0 Å². The first-order chi connectivity index (χ1) is 7.06. The highest BCUT2D eigenvalue weighted by molar-refractivity contribution is 5.95. The topological polar surface area (TPSA) is 114 Å². The zero-order valence-corrected chi connectivity index (χ0v) is 7.88. The van der Waals surface area contributed by atoms with Crippen LogP contribution in [-0.4, -0.2) is 22.2 Å². The van der Waals surface area contributed by atoms with E-state index in [9.17, 15) is 5.11 Å². The lowest BCUT2D eigenvalue weighted by Gasteiger charge is -2.12. The first-order valence-corrected chi connectivity index (χ1v) is 4.26. The second kappa shape index (κ2) is 4.55. The van der Waals surface area contributed by atoms with Crippen LogP contribution >= 0.6 is 0 Å². The number of nitrogens with two attached hydrogens (primary N) is 1. The van der Waals surface area contributed by atoms with Crippen molar-refractivity contribution in [2.24, 2.45) is 5.73 Å². The molecular formula is C10H11N3O2. The third-order valence-corrected chi connectivity index (χ3v) is 1.97. The highest BCUT2D eigenvalue weighted by Gasteiger charge is 2.17. The van der Waals surface area contributed by atoms with E-state index in [0.717, 1.165) is 0 Å². The Kier molecular flexibility index (Phi) is 3.39. The van der Waals surface area contributed by atoms with E-state index in [2.05, 4.69) is 0 Å². The van der Waals surface area contributed by atoms with Crippen LogP contribution in [0.3, 0.4) is 0 Å². The number of aliphatic hydroxyl groups excluding tert-OH is 2. The number of amidine groups is 1. The summed E-state index contributed by atoms with van der Waals surface area (Å²) in [7, 11) is 0. The van der Waals surface area contributed by atoms with Crippen LogP contribution in [0.1, 0.15) is 17.2 Å². The third-order valence-electron chi connectivity index (χ3n) is 1.97. The molecule has 5 N–H and O–H groups in total. The summed E-state index contributed by atoms with van der Waals surface area (Å²) in [5.41, 5.74) is 6.07. The molecular weight excluding hydrogens is 194 g/mol. The van der Waals surface area contributed by atoms with Gasteiger partial charge in [-0.2, -0.15) is 5.26 Å². The van der Waals surface area contributed by atoms with E-state index in [1.165, 1.54) is 12.1 Å². The fourth-order valence-corrected chi connectivity index (χ4v) is 1.14. The lowest BCUT2D eigenvalue weighted by atomic mass is 10.0. The zero-order chi connectivity index (χ0) is 11.4. The average molecular weight is 205 g/mol. The van der Waals surface area contributed by atoms with Crippen LogP contribution in [0.2, 0.25) is 0 Å². The highest BCUT2D eigenvalue weighted by Crippen LogP contribution is 2.17. The molecule has 0 aliphatic heterocycles. The Bertz CT molecular complexity index is 411. The Morgan fingerprint density at radius 2 is 2.13 bits per heavy atom. The van der Waals surface area contributed by atoms with Crippen LogP contribution in [-0.2, 0) is 0 Å². The van der Waals surface area contributed by atoms with Gasteiger partial charge >= 0.3 is 0 Å². The van der Waals surface area contributed by atoms with Crippen molar-refractivity contribution in [3.05, 3.63) is 35.4 Å². The van der Waals surface area contributed by atoms with E-state index in [-0.39, 0.29) is 5.84 Å². The van der Waals surface area contributed by atoms with Gasteiger partial charge in [0.15, 0.2) is 6.10 Å². The summed E-state index contributed by atoms with van der Waals surface area (Å²) in [6.45, 7) is 0. The van der Waals surface area contributed by atoms with Gasteiger partial charge in [-0.1, -0.05) is 18.2 Å². The third kappa shape index (κ3) is 2.53. The number of nitrogens with zero attached hydrogens (tertiary/aromatic N) is 1. The summed E-state index contributed by atoms with van der Waals surface area (Å²) in [4.78, 5) is 0. The van der Waals surface area contributed by atoms with Crippen molar-refractivity contribution >= 4 is 5.84 Å². The Morgan fingerprint density at radius 3 is 2.67 bits per heavy atom. The summed E-state index contributed by atoms with van der Waals surface area (Å²) in [6, 6.07) is 7.76. The molecule has 5 heteroatoms. The Hall–Kier alpha value is -1.90. The van der Waals surface area contributed by atoms with E-state index in [1.807, 2.05) is 0 Å². The van der Waals surface area contributed by atoms with Gasteiger partial charge < -0.3 is 15.9 Å². The molecule has 0 saturated heterocycles. The predicted octanol–water partition coefficient (Wildman–Crippen LogP) is -0.111. The van der Waals surface area contributed by atoms with Crippen LogP contribution in [0.25, 0.3) is 0 Å². The first kappa shape index (κ1) is 11.2. The van der Waals surface area contributed by atoms with Crippen LogP contribution in [0.4, 0.5) is 0 Å². The molecule has 0 amide bonds. The number of rotatable bonds is 3. The Labute approximate surface area is 86.9 Å². The van der Waals surface area contributed by atoms with Crippen molar-refractivity contribution in [3.8, 4) is 6.07 Å². The van der Waals surface area contributed by atoms with E-state index in [0.29, 0.717) is 11.1 Å². The maximum absolute atomic E-state index is 9.51. The number of nitrogens with one attached hydrogen (secondary N) is 1. The Balaban J connectivity index is 3.01. The predicted molar refractivity (Wildman–Crippen MR) is 54.0 cm³/mol. The van der Waals surface area contributed by atoms with Gasteiger partial charge in [0, 0.05) is 5.56 Å². The molecule has 0 aromatic heterocycles. The van der Waals surface area contributed by atoms with Crippen molar-refractivity contribution in [1.29, 1.82) is 10.7 Å². The molecule has 0 aliphatic rings. The highest BCUT2D eigenvalue weighted by atomic mass is 16.3. The van der Waals surface area contributed by atoms with Gasteiger partial charge in [-0.15, -0.1) is 0 Å². The van der Waals surface area contributed by atoms with Gasteiger partial charge in [-0.05, 0) is 11.6 Å². The van der Waals surface area contributed by atoms with Crippen molar-refractivity contribution in [2.75, 3.05) is 0 Å². The van der Waals surface area contributed by atoms with E-state index in [4.69, 9.17) is 21.5 Å².